The summed E-state index contributed by atoms with van der Waals surface area (Å²) in [4.78, 5) is 10.7. The minimum atomic E-state index is -0.177. The van der Waals surface area contributed by atoms with Crippen LogP contribution in [0.4, 0.5) is 0 Å². The summed E-state index contributed by atoms with van der Waals surface area (Å²) in [6.45, 7) is 0. The number of carbonyl (C=O) groups excluding carboxylic acids is 1. The van der Waals surface area contributed by atoms with Crippen molar-refractivity contribution >= 4 is 29.1 Å². The fourth-order valence-corrected chi connectivity index (χ4v) is 2.15. The molecule has 0 amide bonds. The second-order valence-electron chi connectivity index (χ2n) is 1.80. The SMILES string of the molecule is COC(=O)CSc1cccs1. The highest BCUT2D eigenvalue weighted by molar-refractivity contribution is 8.01. The Labute approximate surface area is 73.6 Å². The molecule has 0 fully saturated rings. The lowest BCUT2D eigenvalue weighted by molar-refractivity contribution is -0.137. The predicted octanol–water partition coefficient (Wildman–Crippen LogP) is 2.01. The van der Waals surface area contributed by atoms with Crippen LogP contribution < -0.4 is 0 Å². The van der Waals surface area contributed by atoms with Crippen LogP contribution in [-0.2, 0) is 9.53 Å². The highest BCUT2D eigenvalue weighted by Gasteiger charge is 2.01. The fraction of sp³-hybridized carbons (Fsp3) is 0.286. The van der Waals surface area contributed by atoms with Crippen molar-refractivity contribution in [3.8, 4) is 0 Å². The molecule has 0 aliphatic carbocycles. The van der Waals surface area contributed by atoms with Crippen LogP contribution in [0.5, 0.6) is 0 Å². The van der Waals surface area contributed by atoms with Crippen LogP contribution in [0.3, 0.4) is 0 Å². The molecule has 0 N–H and O–H groups in total. The smallest absolute Gasteiger partial charge is 0.316 e. The van der Waals surface area contributed by atoms with Gasteiger partial charge in [0.25, 0.3) is 0 Å². The summed E-state index contributed by atoms with van der Waals surface area (Å²) >= 11 is 3.13. The quantitative estimate of drug-likeness (QED) is 0.536. The molecule has 0 spiro atoms. The van der Waals surface area contributed by atoms with Gasteiger partial charge in [0.2, 0.25) is 0 Å². The summed E-state index contributed by atoms with van der Waals surface area (Å²) in [5.74, 6) is 0.222. The second kappa shape index (κ2) is 4.41. The maximum absolute atomic E-state index is 10.7. The van der Waals surface area contributed by atoms with Crippen LogP contribution in [0.1, 0.15) is 0 Å². The van der Waals surface area contributed by atoms with E-state index in [0.717, 1.165) is 4.21 Å². The molecule has 60 valence electrons. The van der Waals surface area contributed by atoms with E-state index in [4.69, 9.17) is 0 Å². The lowest BCUT2D eigenvalue weighted by Crippen LogP contribution is -2.02. The molecule has 4 heteroatoms. The van der Waals surface area contributed by atoms with Crippen molar-refractivity contribution in [1.82, 2.24) is 0 Å². The largest absolute Gasteiger partial charge is 0.468 e. The topological polar surface area (TPSA) is 26.3 Å². The number of methoxy groups -OCH3 is 1. The number of carbonyl (C=O) groups is 1. The molecule has 1 aromatic heterocycles. The van der Waals surface area contributed by atoms with E-state index in [2.05, 4.69) is 4.74 Å². The monoisotopic (exact) mass is 188 g/mol. The molecule has 0 aliphatic rings. The van der Waals surface area contributed by atoms with Crippen molar-refractivity contribution in [3.63, 3.8) is 0 Å². The van der Waals surface area contributed by atoms with Gasteiger partial charge in [-0.3, -0.25) is 4.79 Å². The van der Waals surface area contributed by atoms with E-state index >= 15 is 0 Å². The van der Waals surface area contributed by atoms with Crippen molar-refractivity contribution < 1.29 is 9.53 Å². The Balaban J connectivity index is 2.29. The van der Waals surface area contributed by atoms with Crippen molar-refractivity contribution in [2.45, 2.75) is 4.21 Å². The van der Waals surface area contributed by atoms with Gasteiger partial charge in [0, 0.05) is 0 Å². The maximum atomic E-state index is 10.7. The highest BCUT2D eigenvalue weighted by Crippen LogP contribution is 2.22. The number of ether oxygens (including phenoxy) is 1. The Hall–Kier alpha value is -0.480. The summed E-state index contributed by atoms with van der Waals surface area (Å²) in [7, 11) is 1.40. The van der Waals surface area contributed by atoms with Crippen LogP contribution in [-0.4, -0.2) is 18.8 Å². The first-order valence-corrected chi connectivity index (χ1v) is 4.92. The summed E-state index contributed by atoms with van der Waals surface area (Å²) in [5.41, 5.74) is 0. The molecule has 1 heterocycles. The van der Waals surface area contributed by atoms with Crippen LogP contribution in [0.25, 0.3) is 0 Å². The average Bonchev–Trinajstić information content (AvgIpc) is 2.52. The lowest BCUT2D eigenvalue weighted by atomic mass is 10.7. The first kappa shape index (κ1) is 8.62. The van der Waals surface area contributed by atoms with Crippen LogP contribution in [0.2, 0.25) is 0 Å². The van der Waals surface area contributed by atoms with Crippen molar-refractivity contribution in [3.05, 3.63) is 17.5 Å². The first-order valence-electron chi connectivity index (χ1n) is 3.06. The Morgan fingerprint density at radius 1 is 1.82 bits per heavy atom. The van der Waals surface area contributed by atoms with Crippen molar-refractivity contribution in [2.75, 3.05) is 12.9 Å². The molecule has 0 saturated carbocycles. The molecule has 11 heavy (non-hydrogen) atoms. The number of hydrogen-bond donors (Lipinski definition) is 0. The number of esters is 1. The van der Waals surface area contributed by atoms with Gasteiger partial charge in [0.1, 0.15) is 0 Å². The van der Waals surface area contributed by atoms with E-state index in [9.17, 15) is 4.79 Å². The fourth-order valence-electron chi connectivity index (χ4n) is 0.535. The molecule has 2 nitrogen and oxygen atoms in total. The zero-order chi connectivity index (χ0) is 8.10. The molecule has 0 atom stereocenters. The summed E-state index contributed by atoms with van der Waals surface area (Å²) in [5, 5.41) is 1.99. The number of thioether (sulfide) groups is 1. The van der Waals surface area contributed by atoms with Gasteiger partial charge in [0.15, 0.2) is 0 Å². The zero-order valence-electron chi connectivity index (χ0n) is 6.07. The van der Waals surface area contributed by atoms with Crippen molar-refractivity contribution in [1.29, 1.82) is 0 Å². The normalized spacial score (nSPS) is 9.55. The van der Waals surface area contributed by atoms with E-state index in [0.29, 0.717) is 5.75 Å². The van der Waals surface area contributed by atoms with Crippen LogP contribution in [0.15, 0.2) is 21.7 Å². The van der Waals surface area contributed by atoms with E-state index < -0.39 is 0 Å². The molecule has 0 aliphatic heterocycles. The van der Waals surface area contributed by atoms with Crippen LogP contribution >= 0.6 is 23.1 Å². The van der Waals surface area contributed by atoms with Gasteiger partial charge >= 0.3 is 5.97 Å². The lowest BCUT2D eigenvalue weighted by Gasteiger charge is -1.95. The minimum absolute atomic E-state index is 0.177. The molecule has 0 unspecified atom stereocenters. The van der Waals surface area contributed by atoms with E-state index in [1.165, 1.54) is 18.9 Å². The van der Waals surface area contributed by atoms with Crippen LogP contribution in [0, 0.1) is 0 Å². The minimum Gasteiger partial charge on any atom is -0.468 e. The van der Waals surface area contributed by atoms with Gasteiger partial charge in [-0.1, -0.05) is 6.07 Å². The average molecular weight is 188 g/mol. The first-order chi connectivity index (χ1) is 5.33. The number of hydrogen-bond acceptors (Lipinski definition) is 4. The van der Waals surface area contributed by atoms with E-state index in [1.807, 2.05) is 17.5 Å². The third-order valence-electron chi connectivity index (χ3n) is 1.06. The second-order valence-corrected chi connectivity index (χ2v) is 4.02. The summed E-state index contributed by atoms with van der Waals surface area (Å²) in [6.07, 6.45) is 0. The number of rotatable bonds is 3. The molecule has 0 bridgehead atoms. The summed E-state index contributed by atoms with van der Waals surface area (Å²) < 4.78 is 5.64. The van der Waals surface area contributed by atoms with Gasteiger partial charge in [-0.2, -0.15) is 0 Å². The number of thiophene rings is 1. The Bertz CT molecular complexity index is 218. The van der Waals surface area contributed by atoms with E-state index in [1.54, 1.807) is 11.3 Å². The molecule has 0 saturated heterocycles. The third kappa shape index (κ3) is 2.95. The van der Waals surface area contributed by atoms with Gasteiger partial charge in [0.05, 0.1) is 17.1 Å². The molecule has 0 aromatic carbocycles. The molecular formula is C7H8O2S2. The maximum Gasteiger partial charge on any atom is 0.316 e. The highest BCUT2D eigenvalue weighted by atomic mass is 32.2. The molecule has 1 rings (SSSR count). The van der Waals surface area contributed by atoms with Gasteiger partial charge in [-0.05, 0) is 11.4 Å². The standard InChI is InChI=1S/C7H8O2S2/c1-9-6(8)5-11-7-3-2-4-10-7/h2-4H,5H2,1H3. The molecule has 0 radical (unpaired) electrons. The molecule has 1 aromatic rings. The third-order valence-corrected chi connectivity index (χ3v) is 3.16. The van der Waals surface area contributed by atoms with Gasteiger partial charge in [-0.25, -0.2) is 0 Å². The Kier molecular flexibility index (Phi) is 3.45. The van der Waals surface area contributed by atoms with Crippen molar-refractivity contribution in [2.24, 2.45) is 0 Å². The predicted molar refractivity (Wildman–Crippen MR) is 47.1 cm³/mol. The van der Waals surface area contributed by atoms with E-state index in [-0.39, 0.29) is 5.97 Å². The zero-order valence-corrected chi connectivity index (χ0v) is 7.71. The molecular weight excluding hydrogens is 180 g/mol. The summed E-state index contributed by atoms with van der Waals surface area (Å²) in [6, 6.07) is 3.95. The Morgan fingerprint density at radius 3 is 3.18 bits per heavy atom. The van der Waals surface area contributed by atoms with Gasteiger partial charge < -0.3 is 4.74 Å². The van der Waals surface area contributed by atoms with Gasteiger partial charge in [-0.15, -0.1) is 23.1 Å². The Morgan fingerprint density at radius 2 is 2.64 bits per heavy atom.